The van der Waals surface area contributed by atoms with Crippen LogP contribution in [0.3, 0.4) is 0 Å². The van der Waals surface area contributed by atoms with Gasteiger partial charge in [0.05, 0.1) is 11.7 Å². The van der Waals surface area contributed by atoms with Crippen molar-refractivity contribution < 1.29 is 0 Å². The zero-order chi connectivity index (χ0) is 11.6. The van der Waals surface area contributed by atoms with E-state index < -0.39 is 0 Å². The fourth-order valence-electron chi connectivity index (χ4n) is 1.27. The second kappa shape index (κ2) is 4.79. The van der Waals surface area contributed by atoms with E-state index in [9.17, 15) is 0 Å². The van der Waals surface area contributed by atoms with Crippen LogP contribution in [0.15, 0.2) is 17.8 Å². The lowest BCUT2D eigenvalue weighted by molar-refractivity contribution is 0.399. The number of hydrogen-bond donors (Lipinski definition) is 1. The molecule has 0 fully saturated rings. The molecule has 0 radical (unpaired) electrons. The van der Waals surface area contributed by atoms with Gasteiger partial charge in [0, 0.05) is 18.1 Å². The Balaban J connectivity index is 2.00. The third-order valence-corrected chi connectivity index (χ3v) is 4.39. The zero-order valence-corrected chi connectivity index (χ0v) is 11.4. The maximum atomic E-state index is 5.83. The second-order valence-electron chi connectivity index (χ2n) is 3.87. The van der Waals surface area contributed by atoms with Gasteiger partial charge >= 0.3 is 0 Å². The van der Waals surface area contributed by atoms with Crippen molar-refractivity contribution in [1.29, 1.82) is 0 Å². The second-order valence-corrected chi connectivity index (χ2v) is 6.51. The molecule has 0 bridgehead atoms. The van der Waals surface area contributed by atoms with Crippen molar-refractivity contribution in [2.75, 3.05) is 0 Å². The molecule has 0 aliphatic carbocycles. The standard InChI is InChI=1S/C10H12ClN3S2/c1-10(2,9-12-3-4-15-9)14-6-8-13-5-7(11)16-8/h3-5,14H,6H2,1-2H3. The van der Waals surface area contributed by atoms with Crippen LogP contribution in [-0.4, -0.2) is 9.97 Å². The highest BCUT2D eigenvalue weighted by atomic mass is 35.5. The van der Waals surface area contributed by atoms with E-state index in [1.165, 1.54) is 11.3 Å². The third kappa shape index (κ3) is 2.79. The largest absolute Gasteiger partial charge is 0.299 e. The average molecular weight is 274 g/mol. The van der Waals surface area contributed by atoms with Crippen LogP contribution >= 0.6 is 34.3 Å². The topological polar surface area (TPSA) is 37.8 Å². The molecule has 0 aliphatic heterocycles. The van der Waals surface area contributed by atoms with Crippen LogP contribution in [0.2, 0.25) is 4.34 Å². The molecule has 0 saturated carbocycles. The zero-order valence-electron chi connectivity index (χ0n) is 9.03. The minimum absolute atomic E-state index is 0.133. The van der Waals surface area contributed by atoms with E-state index in [1.54, 1.807) is 17.5 Å². The summed E-state index contributed by atoms with van der Waals surface area (Å²) in [5.41, 5.74) is -0.133. The van der Waals surface area contributed by atoms with E-state index in [0.29, 0.717) is 6.54 Å². The smallest absolute Gasteiger partial charge is 0.113 e. The van der Waals surface area contributed by atoms with Gasteiger partial charge < -0.3 is 0 Å². The van der Waals surface area contributed by atoms with Gasteiger partial charge in [-0.05, 0) is 13.8 Å². The molecule has 86 valence electrons. The number of halogens is 1. The van der Waals surface area contributed by atoms with E-state index in [-0.39, 0.29) is 5.54 Å². The molecule has 0 saturated heterocycles. The molecular formula is C10H12ClN3S2. The molecule has 0 spiro atoms. The van der Waals surface area contributed by atoms with Gasteiger partial charge in [-0.3, -0.25) is 5.32 Å². The summed E-state index contributed by atoms with van der Waals surface area (Å²) < 4.78 is 0.726. The molecule has 2 rings (SSSR count). The lowest BCUT2D eigenvalue weighted by atomic mass is 10.1. The van der Waals surface area contributed by atoms with Crippen molar-refractivity contribution in [1.82, 2.24) is 15.3 Å². The van der Waals surface area contributed by atoms with Gasteiger partial charge in [0.2, 0.25) is 0 Å². The molecule has 16 heavy (non-hydrogen) atoms. The van der Waals surface area contributed by atoms with Gasteiger partial charge in [-0.15, -0.1) is 22.7 Å². The van der Waals surface area contributed by atoms with E-state index in [0.717, 1.165) is 14.4 Å². The monoisotopic (exact) mass is 273 g/mol. The van der Waals surface area contributed by atoms with Gasteiger partial charge in [0.25, 0.3) is 0 Å². The van der Waals surface area contributed by atoms with Crippen LogP contribution in [0.5, 0.6) is 0 Å². The molecular weight excluding hydrogens is 262 g/mol. The highest BCUT2D eigenvalue weighted by Gasteiger charge is 2.22. The normalized spacial score (nSPS) is 11.9. The van der Waals surface area contributed by atoms with Gasteiger partial charge in [0.1, 0.15) is 14.4 Å². The van der Waals surface area contributed by atoms with Crippen LogP contribution in [0.4, 0.5) is 0 Å². The Morgan fingerprint density at radius 2 is 2.25 bits per heavy atom. The molecule has 0 unspecified atom stereocenters. The van der Waals surface area contributed by atoms with E-state index in [2.05, 4.69) is 29.1 Å². The summed E-state index contributed by atoms with van der Waals surface area (Å²) in [6.07, 6.45) is 3.50. The molecule has 1 N–H and O–H groups in total. The van der Waals surface area contributed by atoms with Crippen LogP contribution in [0, 0.1) is 0 Å². The number of rotatable bonds is 4. The van der Waals surface area contributed by atoms with Gasteiger partial charge in [-0.2, -0.15) is 0 Å². The summed E-state index contributed by atoms with van der Waals surface area (Å²) in [6.45, 7) is 4.94. The first-order valence-electron chi connectivity index (χ1n) is 4.83. The molecule has 3 nitrogen and oxygen atoms in total. The molecule has 0 atom stereocenters. The predicted molar refractivity (Wildman–Crippen MR) is 69.1 cm³/mol. The lowest BCUT2D eigenvalue weighted by Crippen LogP contribution is -2.35. The number of nitrogens with zero attached hydrogens (tertiary/aromatic N) is 2. The fraction of sp³-hybridized carbons (Fsp3) is 0.400. The SMILES string of the molecule is CC(C)(NCc1ncc(Cl)s1)c1nccs1. The molecule has 0 amide bonds. The van der Waals surface area contributed by atoms with E-state index in [4.69, 9.17) is 11.6 Å². The molecule has 2 heterocycles. The number of thiazole rings is 2. The molecule has 0 aliphatic rings. The molecule has 2 aromatic rings. The summed E-state index contributed by atoms with van der Waals surface area (Å²) >= 11 is 8.98. The Labute approximate surface area is 108 Å². The Morgan fingerprint density at radius 1 is 1.44 bits per heavy atom. The van der Waals surface area contributed by atoms with Crippen LogP contribution < -0.4 is 5.32 Å². The number of nitrogens with one attached hydrogen (secondary N) is 1. The summed E-state index contributed by atoms with van der Waals surface area (Å²) in [5, 5.41) is 7.49. The first kappa shape index (κ1) is 12.0. The van der Waals surface area contributed by atoms with Gasteiger partial charge in [-0.1, -0.05) is 11.6 Å². The van der Waals surface area contributed by atoms with Crippen molar-refractivity contribution >= 4 is 34.3 Å². The van der Waals surface area contributed by atoms with Crippen molar-refractivity contribution in [3.05, 3.63) is 32.1 Å². The molecule has 0 aromatic carbocycles. The van der Waals surface area contributed by atoms with E-state index in [1.807, 2.05) is 11.6 Å². The first-order chi connectivity index (χ1) is 7.58. The Morgan fingerprint density at radius 3 is 2.81 bits per heavy atom. The van der Waals surface area contributed by atoms with Crippen molar-refractivity contribution in [2.45, 2.75) is 25.9 Å². The fourth-order valence-corrected chi connectivity index (χ4v) is 2.91. The van der Waals surface area contributed by atoms with Crippen molar-refractivity contribution in [3.63, 3.8) is 0 Å². The van der Waals surface area contributed by atoms with Crippen LogP contribution in [-0.2, 0) is 12.1 Å². The lowest BCUT2D eigenvalue weighted by Gasteiger charge is -2.23. The highest BCUT2D eigenvalue weighted by molar-refractivity contribution is 7.15. The summed E-state index contributed by atoms with van der Waals surface area (Å²) in [7, 11) is 0. The van der Waals surface area contributed by atoms with Crippen LogP contribution in [0.25, 0.3) is 0 Å². The average Bonchev–Trinajstić information content (AvgIpc) is 2.85. The quantitative estimate of drug-likeness (QED) is 0.929. The van der Waals surface area contributed by atoms with Gasteiger partial charge in [-0.25, -0.2) is 9.97 Å². The summed E-state index contributed by atoms with van der Waals surface area (Å²) in [6, 6.07) is 0. The Hall–Kier alpha value is -0.490. The molecule has 6 heteroatoms. The Kier molecular flexibility index (Phi) is 3.59. The highest BCUT2D eigenvalue weighted by Crippen LogP contribution is 2.24. The minimum Gasteiger partial charge on any atom is -0.299 e. The maximum Gasteiger partial charge on any atom is 0.113 e. The maximum absolute atomic E-state index is 5.83. The van der Waals surface area contributed by atoms with Crippen molar-refractivity contribution in [2.24, 2.45) is 0 Å². The van der Waals surface area contributed by atoms with Crippen molar-refractivity contribution in [3.8, 4) is 0 Å². The molecule has 2 aromatic heterocycles. The minimum atomic E-state index is -0.133. The number of aromatic nitrogens is 2. The van der Waals surface area contributed by atoms with Gasteiger partial charge in [0.15, 0.2) is 0 Å². The Bertz CT molecular complexity index is 450. The van der Waals surface area contributed by atoms with E-state index >= 15 is 0 Å². The van der Waals surface area contributed by atoms with Crippen LogP contribution in [0.1, 0.15) is 23.9 Å². The predicted octanol–water partition coefficient (Wildman–Crippen LogP) is 3.28. The summed E-state index contributed by atoms with van der Waals surface area (Å²) in [5.74, 6) is 0. The number of hydrogen-bond acceptors (Lipinski definition) is 5. The third-order valence-electron chi connectivity index (χ3n) is 2.17. The first-order valence-corrected chi connectivity index (χ1v) is 6.90. The summed E-state index contributed by atoms with van der Waals surface area (Å²) in [4.78, 5) is 8.53.